The summed E-state index contributed by atoms with van der Waals surface area (Å²) >= 11 is 0. The van der Waals surface area contributed by atoms with E-state index < -0.39 is 0 Å². The summed E-state index contributed by atoms with van der Waals surface area (Å²) in [4.78, 5) is 0. The summed E-state index contributed by atoms with van der Waals surface area (Å²) in [5.41, 5.74) is 12.8. The fourth-order valence-corrected chi connectivity index (χ4v) is 1.44. The smallest absolute Gasteiger partial charge is 0.162 e. The molecule has 0 saturated heterocycles. The molecule has 1 rings (SSSR count). The highest BCUT2D eigenvalue weighted by Gasteiger charge is 2.15. The summed E-state index contributed by atoms with van der Waals surface area (Å²) in [7, 11) is 1.50. The molecule has 0 aliphatic heterocycles. The fraction of sp³-hybridized carbons (Fsp3) is 0.400. The lowest BCUT2D eigenvalue weighted by Gasteiger charge is -2.16. The van der Waals surface area contributed by atoms with Gasteiger partial charge in [0, 0.05) is 18.2 Å². The van der Waals surface area contributed by atoms with E-state index in [1.165, 1.54) is 7.11 Å². The van der Waals surface area contributed by atoms with Crippen molar-refractivity contribution in [3.63, 3.8) is 0 Å². The standard InChI is InChI=1S/C10H16N2O2/c1-6-3-4-8(14-2)10(13)9(6)7(12)5-11/h3-4,7,13H,5,11-12H2,1-2H3/t7-/m0/s1. The van der Waals surface area contributed by atoms with Crippen LogP contribution in [0.3, 0.4) is 0 Å². The number of nitrogens with two attached hydrogens (primary N) is 2. The van der Waals surface area contributed by atoms with Gasteiger partial charge in [0.2, 0.25) is 0 Å². The van der Waals surface area contributed by atoms with Gasteiger partial charge in [-0.3, -0.25) is 0 Å². The van der Waals surface area contributed by atoms with Gasteiger partial charge in [-0.2, -0.15) is 0 Å². The molecule has 1 atom stereocenters. The zero-order valence-corrected chi connectivity index (χ0v) is 8.45. The van der Waals surface area contributed by atoms with Crippen molar-refractivity contribution in [2.45, 2.75) is 13.0 Å². The van der Waals surface area contributed by atoms with Crippen LogP contribution < -0.4 is 16.2 Å². The van der Waals surface area contributed by atoms with Crippen LogP contribution in [0.2, 0.25) is 0 Å². The molecular weight excluding hydrogens is 180 g/mol. The second kappa shape index (κ2) is 4.30. The first-order valence-electron chi connectivity index (χ1n) is 4.44. The van der Waals surface area contributed by atoms with Crippen LogP contribution in [0.25, 0.3) is 0 Å². The highest BCUT2D eigenvalue weighted by molar-refractivity contribution is 5.50. The van der Waals surface area contributed by atoms with Gasteiger partial charge in [0.25, 0.3) is 0 Å². The molecule has 0 amide bonds. The highest BCUT2D eigenvalue weighted by atomic mass is 16.5. The van der Waals surface area contributed by atoms with E-state index >= 15 is 0 Å². The molecule has 14 heavy (non-hydrogen) atoms. The number of phenols is 1. The Morgan fingerprint density at radius 3 is 2.64 bits per heavy atom. The topological polar surface area (TPSA) is 81.5 Å². The Bertz CT molecular complexity index is 326. The lowest BCUT2D eigenvalue weighted by Crippen LogP contribution is -2.21. The Hall–Kier alpha value is -1.26. The molecule has 0 spiro atoms. The van der Waals surface area contributed by atoms with Crippen LogP contribution in [0.4, 0.5) is 0 Å². The van der Waals surface area contributed by atoms with E-state index in [1.54, 1.807) is 6.07 Å². The van der Waals surface area contributed by atoms with Gasteiger partial charge in [-0.05, 0) is 18.6 Å². The van der Waals surface area contributed by atoms with Gasteiger partial charge >= 0.3 is 0 Å². The Labute approximate surface area is 83.5 Å². The monoisotopic (exact) mass is 196 g/mol. The van der Waals surface area contributed by atoms with Crippen molar-refractivity contribution in [1.82, 2.24) is 0 Å². The molecule has 1 aromatic rings. The van der Waals surface area contributed by atoms with Gasteiger partial charge in [0.1, 0.15) is 0 Å². The summed E-state index contributed by atoms with van der Waals surface area (Å²) in [5, 5.41) is 9.81. The summed E-state index contributed by atoms with van der Waals surface area (Å²) in [6, 6.07) is 3.20. The van der Waals surface area contributed by atoms with Crippen LogP contribution in [0, 0.1) is 6.92 Å². The zero-order valence-electron chi connectivity index (χ0n) is 8.45. The second-order valence-electron chi connectivity index (χ2n) is 3.19. The third kappa shape index (κ3) is 1.81. The molecule has 0 aliphatic rings. The number of hydrogen-bond acceptors (Lipinski definition) is 4. The van der Waals surface area contributed by atoms with E-state index in [2.05, 4.69) is 0 Å². The number of phenolic OH excluding ortho intramolecular Hbond substituents is 1. The maximum atomic E-state index is 9.81. The third-order valence-electron chi connectivity index (χ3n) is 2.24. The van der Waals surface area contributed by atoms with Crippen LogP contribution >= 0.6 is 0 Å². The molecule has 5 N–H and O–H groups in total. The van der Waals surface area contributed by atoms with Crippen molar-refractivity contribution in [3.8, 4) is 11.5 Å². The van der Waals surface area contributed by atoms with E-state index in [4.69, 9.17) is 16.2 Å². The lowest BCUT2D eigenvalue weighted by atomic mass is 10.0. The first-order valence-corrected chi connectivity index (χ1v) is 4.44. The molecule has 78 valence electrons. The Morgan fingerprint density at radius 2 is 2.14 bits per heavy atom. The Kier molecular flexibility index (Phi) is 3.33. The van der Waals surface area contributed by atoms with Crippen molar-refractivity contribution in [3.05, 3.63) is 23.3 Å². The maximum absolute atomic E-state index is 9.81. The van der Waals surface area contributed by atoms with Crippen LogP contribution in [-0.2, 0) is 0 Å². The molecular formula is C10H16N2O2. The third-order valence-corrected chi connectivity index (χ3v) is 2.24. The number of aromatic hydroxyl groups is 1. The molecule has 4 heteroatoms. The molecule has 0 aromatic heterocycles. The van der Waals surface area contributed by atoms with Gasteiger partial charge in [0.15, 0.2) is 11.5 Å². The molecule has 1 aromatic carbocycles. The number of aryl methyl sites for hydroxylation is 1. The molecule has 0 saturated carbocycles. The van der Waals surface area contributed by atoms with E-state index in [0.29, 0.717) is 17.9 Å². The summed E-state index contributed by atoms with van der Waals surface area (Å²) in [5.74, 6) is 0.514. The van der Waals surface area contributed by atoms with E-state index in [1.807, 2.05) is 13.0 Å². The Morgan fingerprint density at radius 1 is 1.50 bits per heavy atom. The molecule has 0 fully saturated rings. The minimum Gasteiger partial charge on any atom is -0.504 e. The lowest BCUT2D eigenvalue weighted by molar-refractivity contribution is 0.368. The average molecular weight is 196 g/mol. The molecule has 4 nitrogen and oxygen atoms in total. The van der Waals surface area contributed by atoms with Gasteiger partial charge in [0.05, 0.1) is 7.11 Å². The van der Waals surface area contributed by atoms with Crippen LogP contribution in [-0.4, -0.2) is 18.8 Å². The largest absolute Gasteiger partial charge is 0.504 e. The predicted octanol–water partition coefficient (Wildman–Crippen LogP) is 0.668. The van der Waals surface area contributed by atoms with Gasteiger partial charge in [-0.15, -0.1) is 0 Å². The second-order valence-corrected chi connectivity index (χ2v) is 3.19. The van der Waals surface area contributed by atoms with E-state index in [9.17, 15) is 5.11 Å². The van der Waals surface area contributed by atoms with Crippen LogP contribution in [0.1, 0.15) is 17.2 Å². The minimum absolute atomic E-state index is 0.0884. The first-order chi connectivity index (χ1) is 6.61. The zero-order chi connectivity index (χ0) is 10.7. The maximum Gasteiger partial charge on any atom is 0.162 e. The number of rotatable bonds is 3. The van der Waals surface area contributed by atoms with Crippen molar-refractivity contribution in [2.24, 2.45) is 11.5 Å². The number of hydrogen-bond donors (Lipinski definition) is 3. The highest BCUT2D eigenvalue weighted by Crippen LogP contribution is 2.34. The molecule has 0 heterocycles. The minimum atomic E-state index is -0.356. The summed E-state index contributed by atoms with van der Waals surface area (Å²) < 4.78 is 4.99. The van der Waals surface area contributed by atoms with Gasteiger partial charge in [-0.25, -0.2) is 0 Å². The molecule has 0 aliphatic carbocycles. The summed E-state index contributed by atoms with van der Waals surface area (Å²) in [6.07, 6.45) is 0. The molecule has 0 unspecified atom stereocenters. The SMILES string of the molecule is COc1ccc(C)c([C@@H](N)CN)c1O. The van der Waals surface area contributed by atoms with Crippen molar-refractivity contribution < 1.29 is 9.84 Å². The van der Waals surface area contributed by atoms with Crippen LogP contribution in [0.5, 0.6) is 11.5 Å². The van der Waals surface area contributed by atoms with Crippen molar-refractivity contribution >= 4 is 0 Å². The Balaban J connectivity index is 3.25. The van der Waals surface area contributed by atoms with Crippen LogP contribution in [0.15, 0.2) is 12.1 Å². The van der Waals surface area contributed by atoms with Gasteiger partial charge in [-0.1, -0.05) is 6.07 Å². The fourth-order valence-electron chi connectivity index (χ4n) is 1.44. The van der Waals surface area contributed by atoms with Crippen molar-refractivity contribution in [1.29, 1.82) is 0 Å². The number of benzene rings is 1. The van der Waals surface area contributed by atoms with E-state index in [0.717, 1.165) is 5.56 Å². The first kappa shape index (κ1) is 10.8. The number of methoxy groups -OCH3 is 1. The predicted molar refractivity (Wildman–Crippen MR) is 55.4 cm³/mol. The molecule has 0 bridgehead atoms. The summed E-state index contributed by atoms with van der Waals surface area (Å²) in [6.45, 7) is 2.17. The average Bonchev–Trinajstić information content (AvgIpc) is 2.18. The van der Waals surface area contributed by atoms with E-state index in [-0.39, 0.29) is 11.8 Å². The quantitative estimate of drug-likeness (QED) is 0.663. The molecule has 0 radical (unpaired) electrons. The van der Waals surface area contributed by atoms with Crippen molar-refractivity contribution in [2.75, 3.05) is 13.7 Å². The normalized spacial score (nSPS) is 12.6. The van der Waals surface area contributed by atoms with Gasteiger partial charge < -0.3 is 21.3 Å². The number of ether oxygens (including phenoxy) is 1.